The molecule has 26 heavy (non-hydrogen) atoms. The normalized spacial score (nSPS) is 11.2. The molecule has 0 bridgehead atoms. The number of hydrogen-bond acceptors (Lipinski definition) is 5. The molecule has 0 saturated heterocycles. The first-order chi connectivity index (χ1) is 12.4. The van der Waals surface area contributed by atoms with E-state index in [1.165, 1.54) is 18.3 Å². The largest absolute Gasteiger partial charge is 0.364 e. The van der Waals surface area contributed by atoms with Crippen molar-refractivity contribution >= 4 is 33.1 Å². The molecule has 0 aliphatic heterocycles. The van der Waals surface area contributed by atoms with Crippen molar-refractivity contribution < 1.29 is 8.42 Å². The molecule has 1 aromatic carbocycles. The van der Waals surface area contributed by atoms with E-state index in [2.05, 4.69) is 20.0 Å². The topological polar surface area (TPSA) is 84.0 Å². The van der Waals surface area contributed by atoms with Crippen LogP contribution in [0.15, 0.2) is 65.8 Å². The summed E-state index contributed by atoms with van der Waals surface area (Å²) < 4.78 is 27.4. The Balaban J connectivity index is 1.67. The van der Waals surface area contributed by atoms with E-state index in [-0.39, 0.29) is 4.90 Å². The Morgan fingerprint density at radius 3 is 2.58 bits per heavy atom. The molecule has 0 aliphatic carbocycles. The lowest BCUT2D eigenvalue weighted by Gasteiger charge is -2.10. The van der Waals surface area contributed by atoms with Crippen molar-refractivity contribution in [2.75, 3.05) is 10.0 Å². The molecule has 3 rings (SSSR count). The molecule has 6 nitrogen and oxygen atoms in total. The second-order valence-electron chi connectivity index (χ2n) is 5.62. The summed E-state index contributed by atoms with van der Waals surface area (Å²) in [5, 5.41) is 3.65. The van der Waals surface area contributed by atoms with Crippen LogP contribution in [0.1, 0.15) is 11.3 Å². The van der Waals surface area contributed by atoms with Crippen LogP contribution in [0.5, 0.6) is 0 Å². The Kier molecular flexibility index (Phi) is 5.39. The molecule has 0 spiro atoms. The predicted octanol–water partition coefficient (Wildman–Crippen LogP) is 3.85. The second-order valence-corrected chi connectivity index (χ2v) is 7.71. The average molecular weight is 389 g/mol. The highest BCUT2D eigenvalue weighted by atomic mass is 35.5. The van der Waals surface area contributed by atoms with Gasteiger partial charge in [-0.3, -0.25) is 9.71 Å². The molecule has 0 radical (unpaired) electrons. The number of aryl methyl sites for hydroxylation is 1. The van der Waals surface area contributed by atoms with Crippen LogP contribution in [0, 0.1) is 6.92 Å². The number of benzene rings is 1. The molecule has 0 atom stereocenters. The maximum absolute atomic E-state index is 12.5. The van der Waals surface area contributed by atoms with Crippen LogP contribution in [-0.4, -0.2) is 18.4 Å². The molecular weight excluding hydrogens is 372 g/mol. The van der Waals surface area contributed by atoms with Crippen molar-refractivity contribution in [3.8, 4) is 0 Å². The molecule has 0 aliphatic rings. The first kappa shape index (κ1) is 18.2. The van der Waals surface area contributed by atoms with Gasteiger partial charge in [-0.05, 0) is 55.0 Å². The SMILES string of the molecule is Cc1cc(S(=O)(=O)Nc2ccc(NCc3ccccn3)nc2)ccc1Cl. The van der Waals surface area contributed by atoms with Gasteiger partial charge in [0.05, 0.1) is 29.0 Å². The Hall–Kier alpha value is -2.64. The summed E-state index contributed by atoms with van der Waals surface area (Å²) in [7, 11) is -3.70. The first-order valence-corrected chi connectivity index (χ1v) is 9.69. The van der Waals surface area contributed by atoms with E-state index < -0.39 is 10.0 Å². The van der Waals surface area contributed by atoms with E-state index in [1.807, 2.05) is 18.2 Å². The summed E-state index contributed by atoms with van der Waals surface area (Å²) in [6.07, 6.45) is 3.18. The third-order valence-electron chi connectivity index (χ3n) is 3.63. The Bertz CT molecular complexity index is 993. The highest BCUT2D eigenvalue weighted by Gasteiger charge is 2.15. The van der Waals surface area contributed by atoms with Gasteiger partial charge < -0.3 is 5.32 Å². The number of pyridine rings is 2. The number of nitrogens with one attached hydrogen (secondary N) is 2. The molecule has 3 aromatic rings. The van der Waals surface area contributed by atoms with E-state index >= 15 is 0 Å². The zero-order valence-electron chi connectivity index (χ0n) is 14.0. The standard InChI is InChI=1S/C18H17ClN4O2S/c1-13-10-16(6-7-17(13)19)26(24,25)23-15-5-8-18(22-12-15)21-11-14-4-2-3-9-20-14/h2-10,12,23H,11H2,1H3,(H,21,22). The van der Waals surface area contributed by atoms with Gasteiger partial charge >= 0.3 is 0 Å². The second kappa shape index (κ2) is 7.72. The fraction of sp³-hybridized carbons (Fsp3) is 0.111. The van der Waals surface area contributed by atoms with E-state index in [0.717, 1.165) is 5.69 Å². The molecule has 0 saturated carbocycles. The average Bonchev–Trinajstić information content (AvgIpc) is 2.64. The Morgan fingerprint density at radius 2 is 1.92 bits per heavy atom. The summed E-state index contributed by atoms with van der Waals surface area (Å²) >= 11 is 5.95. The highest BCUT2D eigenvalue weighted by molar-refractivity contribution is 7.92. The van der Waals surface area contributed by atoms with Gasteiger partial charge in [-0.15, -0.1) is 0 Å². The van der Waals surface area contributed by atoms with Gasteiger partial charge in [-0.25, -0.2) is 13.4 Å². The summed E-state index contributed by atoms with van der Waals surface area (Å²) in [5.74, 6) is 0.626. The fourth-order valence-corrected chi connectivity index (χ4v) is 3.49. The van der Waals surface area contributed by atoms with Crippen LogP contribution in [0.2, 0.25) is 5.02 Å². The van der Waals surface area contributed by atoms with Crippen LogP contribution >= 0.6 is 11.6 Å². The minimum atomic E-state index is -3.70. The highest BCUT2D eigenvalue weighted by Crippen LogP contribution is 2.22. The number of halogens is 1. The van der Waals surface area contributed by atoms with Gasteiger partial charge in [0.25, 0.3) is 10.0 Å². The van der Waals surface area contributed by atoms with Crippen LogP contribution in [-0.2, 0) is 16.6 Å². The minimum Gasteiger partial charge on any atom is -0.364 e. The molecule has 0 amide bonds. The number of sulfonamides is 1. The summed E-state index contributed by atoms with van der Waals surface area (Å²) in [4.78, 5) is 8.58. The van der Waals surface area contributed by atoms with E-state index in [9.17, 15) is 8.42 Å². The molecule has 134 valence electrons. The molecule has 2 heterocycles. The van der Waals surface area contributed by atoms with Crippen molar-refractivity contribution in [3.63, 3.8) is 0 Å². The van der Waals surface area contributed by atoms with Gasteiger partial charge in [0, 0.05) is 11.2 Å². The maximum atomic E-state index is 12.5. The molecule has 8 heteroatoms. The number of nitrogens with zero attached hydrogens (tertiary/aromatic N) is 2. The van der Waals surface area contributed by atoms with E-state index in [1.54, 1.807) is 31.3 Å². The van der Waals surface area contributed by atoms with Crippen molar-refractivity contribution in [3.05, 3.63) is 77.2 Å². The van der Waals surface area contributed by atoms with Crippen LogP contribution in [0.4, 0.5) is 11.5 Å². The lowest BCUT2D eigenvalue weighted by molar-refractivity contribution is 0.601. The number of anilines is 2. The lowest BCUT2D eigenvalue weighted by Crippen LogP contribution is -2.13. The zero-order valence-corrected chi connectivity index (χ0v) is 15.6. The quantitative estimate of drug-likeness (QED) is 0.670. The molecule has 0 unspecified atom stereocenters. The van der Waals surface area contributed by atoms with E-state index in [0.29, 0.717) is 28.6 Å². The summed E-state index contributed by atoms with van der Waals surface area (Å²) in [6.45, 7) is 2.29. The smallest absolute Gasteiger partial charge is 0.261 e. The first-order valence-electron chi connectivity index (χ1n) is 7.83. The summed E-state index contributed by atoms with van der Waals surface area (Å²) in [6, 6.07) is 13.6. The van der Waals surface area contributed by atoms with Gasteiger partial charge in [0.2, 0.25) is 0 Å². The van der Waals surface area contributed by atoms with Gasteiger partial charge in [-0.1, -0.05) is 17.7 Å². The summed E-state index contributed by atoms with van der Waals surface area (Å²) in [5.41, 5.74) is 1.96. The van der Waals surface area contributed by atoms with Crippen LogP contribution in [0.3, 0.4) is 0 Å². The number of rotatable bonds is 6. The fourth-order valence-electron chi connectivity index (χ4n) is 2.24. The Morgan fingerprint density at radius 1 is 1.08 bits per heavy atom. The lowest BCUT2D eigenvalue weighted by atomic mass is 10.2. The van der Waals surface area contributed by atoms with Gasteiger partial charge in [0.15, 0.2) is 0 Å². The number of hydrogen-bond donors (Lipinski definition) is 2. The zero-order chi connectivity index (χ0) is 18.6. The molecule has 0 fully saturated rings. The maximum Gasteiger partial charge on any atom is 0.261 e. The van der Waals surface area contributed by atoms with Crippen molar-refractivity contribution in [2.45, 2.75) is 18.4 Å². The number of aromatic nitrogens is 2. The Labute approximate surface area is 157 Å². The van der Waals surface area contributed by atoms with Gasteiger partial charge in [0.1, 0.15) is 5.82 Å². The molecule has 2 N–H and O–H groups in total. The monoisotopic (exact) mass is 388 g/mol. The molecule has 2 aromatic heterocycles. The van der Waals surface area contributed by atoms with E-state index in [4.69, 9.17) is 11.6 Å². The van der Waals surface area contributed by atoms with Crippen molar-refractivity contribution in [2.24, 2.45) is 0 Å². The third-order valence-corrected chi connectivity index (χ3v) is 5.44. The van der Waals surface area contributed by atoms with Crippen molar-refractivity contribution in [1.82, 2.24) is 9.97 Å². The predicted molar refractivity (Wildman–Crippen MR) is 103 cm³/mol. The van der Waals surface area contributed by atoms with Crippen LogP contribution < -0.4 is 10.0 Å². The minimum absolute atomic E-state index is 0.150. The third kappa shape index (κ3) is 4.50. The van der Waals surface area contributed by atoms with Crippen LogP contribution in [0.25, 0.3) is 0 Å². The molecular formula is C18H17ClN4O2S. The van der Waals surface area contributed by atoms with Crippen molar-refractivity contribution in [1.29, 1.82) is 0 Å². The van der Waals surface area contributed by atoms with Gasteiger partial charge in [-0.2, -0.15) is 0 Å².